The highest BCUT2D eigenvalue weighted by atomic mass is 35.5. The van der Waals surface area contributed by atoms with Gasteiger partial charge in [-0.15, -0.1) is 0 Å². The lowest BCUT2D eigenvalue weighted by atomic mass is 9.89. The number of phenolic OH excluding ortho intramolecular Hbond substituents is 1. The third kappa shape index (κ3) is 7.50. The molecule has 5 N–H and O–H groups in total. The second kappa shape index (κ2) is 10.3. The first-order chi connectivity index (χ1) is 14.6. The Labute approximate surface area is 192 Å². The van der Waals surface area contributed by atoms with Crippen LogP contribution in [0.5, 0.6) is 5.75 Å². The predicted octanol–water partition coefficient (Wildman–Crippen LogP) is 5.61. The lowest BCUT2D eigenvalue weighted by Gasteiger charge is -2.29. The number of benzene rings is 2. The van der Waals surface area contributed by atoms with E-state index >= 15 is 0 Å². The highest BCUT2D eigenvalue weighted by molar-refractivity contribution is 7.99. The van der Waals surface area contributed by atoms with Crippen LogP contribution in [0.2, 0.25) is 5.02 Å². The monoisotopic (exact) mass is 485 g/mol. The second-order valence-corrected chi connectivity index (χ2v) is 11.0. The molecule has 3 rings (SSSR count). The number of phenols is 1. The van der Waals surface area contributed by atoms with Crippen molar-refractivity contribution >= 4 is 31.2 Å². The highest BCUT2D eigenvalue weighted by Crippen LogP contribution is 2.44. The summed E-state index contributed by atoms with van der Waals surface area (Å²) < 4.78 is 15.7. The van der Waals surface area contributed by atoms with Crippen molar-refractivity contribution in [2.45, 2.75) is 66.7 Å². The van der Waals surface area contributed by atoms with Gasteiger partial charge in [-0.1, -0.05) is 48.8 Å². The minimum Gasteiger partial charge on any atom is -0.507 e. The molecule has 1 atom stereocenters. The fourth-order valence-electron chi connectivity index (χ4n) is 3.57. The number of hydrogen-bond acceptors (Lipinski definition) is 5. The van der Waals surface area contributed by atoms with Gasteiger partial charge in [-0.25, -0.2) is 4.57 Å². The number of aryl methyl sites for hydroxylation is 1. The summed E-state index contributed by atoms with van der Waals surface area (Å²) in [5.74, 6) is 0.868. The van der Waals surface area contributed by atoms with Gasteiger partial charge in [-0.3, -0.25) is 4.52 Å². The molecule has 6 nitrogen and oxygen atoms in total. The Hall–Kier alpha value is -1.05. The fraction of sp³-hybridized carbons (Fsp3) is 0.455. The first kappa shape index (κ1) is 24.6. The number of rotatable bonds is 11. The maximum Gasteiger partial charge on any atom is 0.469 e. The molecule has 9 heteroatoms. The van der Waals surface area contributed by atoms with Crippen LogP contribution in [-0.2, 0) is 15.5 Å². The number of hydrogen-bond donors (Lipinski definition) is 4. The summed E-state index contributed by atoms with van der Waals surface area (Å²) in [4.78, 5) is 19.7. The molecule has 2 aromatic rings. The summed E-state index contributed by atoms with van der Waals surface area (Å²) in [7, 11) is -4.57. The van der Waals surface area contributed by atoms with Gasteiger partial charge in [-0.2, -0.15) is 0 Å². The predicted molar refractivity (Wildman–Crippen MR) is 124 cm³/mol. The Morgan fingerprint density at radius 3 is 2.58 bits per heavy atom. The number of phosphoric ester groups is 1. The summed E-state index contributed by atoms with van der Waals surface area (Å²) in [6, 6.07) is 11.5. The van der Waals surface area contributed by atoms with Crippen LogP contribution in [0.3, 0.4) is 0 Å². The van der Waals surface area contributed by atoms with E-state index < -0.39 is 13.4 Å². The van der Waals surface area contributed by atoms with Crippen LogP contribution in [0.4, 0.5) is 0 Å². The molecule has 0 spiro atoms. The Balaban J connectivity index is 1.66. The van der Waals surface area contributed by atoms with E-state index in [1.807, 2.05) is 37.3 Å². The van der Waals surface area contributed by atoms with Gasteiger partial charge in [-0.05, 0) is 73.4 Å². The number of halogens is 1. The van der Waals surface area contributed by atoms with Gasteiger partial charge in [0.15, 0.2) is 0 Å². The van der Waals surface area contributed by atoms with Crippen LogP contribution in [0.25, 0.3) is 0 Å². The maximum absolute atomic E-state index is 11.1. The minimum absolute atomic E-state index is 0.215. The molecule has 0 bridgehead atoms. The van der Waals surface area contributed by atoms with E-state index in [1.165, 1.54) is 30.2 Å². The smallest absolute Gasteiger partial charge is 0.469 e. The average molecular weight is 486 g/mol. The van der Waals surface area contributed by atoms with Crippen molar-refractivity contribution in [3.8, 4) is 5.75 Å². The number of nitrogens with two attached hydrogens (primary N) is 1. The third-order valence-corrected chi connectivity index (χ3v) is 7.30. The highest BCUT2D eigenvalue weighted by Gasteiger charge is 2.29. The van der Waals surface area contributed by atoms with E-state index in [1.54, 1.807) is 6.07 Å². The van der Waals surface area contributed by atoms with Gasteiger partial charge >= 0.3 is 7.82 Å². The molecule has 0 amide bonds. The lowest BCUT2D eigenvalue weighted by molar-refractivity contribution is 0.141. The van der Waals surface area contributed by atoms with Gasteiger partial charge < -0.3 is 20.6 Å². The van der Waals surface area contributed by atoms with E-state index in [9.17, 15) is 9.67 Å². The van der Waals surface area contributed by atoms with Gasteiger partial charge in [0.2, 0.25) is 0 Å². The zero-order valence-corrected chi connectivity index (χ0v) is 19.9. The normalized spacial score (nSPS) is 16.3. The van der Waals surface area contributed by atoms with Gasteiger partial charge in [0, 0.05) is 15.5 Å². The Morgan fingerprint density at radius 1 is 1.23 bits per heavy atom. The summed E-state index contributed by atoms with van der Waals surface area (Å²) in [5.41, 5.74) is 7.68. The van der Waals surface area contributed by atoms with Gasteiger partial charge in [0.05, 0.1) is 11.5 Å². The van der Waals surface area contributed by atoms with Crippen LogP contribution >= 0.6 is 31.2 Å². The number of aromatic hydroxyl groups is 1. The summed E-state index contributed by atoms with van der Waals surface area (Å²) in [6.07, 6.45) is 4.80. The van der Waals surface area contributed by atoms with E-state index in [0.717, 1.165) is 21.8 Å². The number of phosphoric acid groups is 1. The SMILES string of the molecule is CCCC(N)(CCc1ccc(Sc2cc(C3CC3)ccc2O)cc1Cl)COP(=O)(O)O. The van der Waals surface area contributed by atoms with Crippen molar-refractivity contribution in [2.24, 2.45) is 5.73 Å². The molecule has 1 aliphatic carbocycles. The fourth-order valence-corrected chi connectivity index (χ4v) is 5.27. The zero-order chi connectivity index (χ0) is 22.6. The average Bonchev–Trinajstić information content (AvgIpc) is 3.53. The van der Waals surface area contributed by atoms with E-state index in [0.29, 0.717) is 30.2 Å². The second-order valence-electron chi connectivity index (χ2n) is 8.23. The van der Waals surface area contributed by atoms with Gasteiger partial charge in [0.1, 0.15) is 5.75 Å². The molecule has 0 aromatic heterocycles. The largest absolute Gasteiger partial charge is 0.507 e. The van der Waals surface area contributed by atoms with E-state index in [2.05, 4.69) is 4.52 Å². The molecule has 31 heavy (non-hydrogen) atoms. The Morgan fingerprint density at radius 2 is 1.97 bits per heavy atom. The van der Waals surface area contributed by atoms with Crippen LogP contribution < -0.4 is 5.73 Å². The molecule has 0 aliphatic heterocycles. The maximum atomic E-state index is 11.1. The topological polar surface area (TPSA) is 113 Å². The summed E-state index contributed by atoms with van der Waals surface area (Å²) >= 11 is 7.98. The Kier molecular flexibility index (Phi) is 8.14. The molecule has 0 heterocycles. The molecule has 170 valence electrons. The molecule has 1 saturated carbocycles. The zero-order valence-electron chi connectivity index (χ0n) is 17.5. The molecular formula is C22H29ClNO5PS. The molecular weight excluding hydrogens is 457 g/mol. The Bertz CT molecular complexity index is 965. The molecule has 2 aromatic carbocycles. The standard InChI is InChI=1S/C22H29ClNO5PS/c1-2-10-22(24,14-29-30(26,27)28)11-9-16-5-7-18(13-19(16)23)31-21-12-17(15-3-4-15)6-8-20(21)25/h5-8,12-13,15,25H,2-4,9-11,14,24H2,1H3,(H2,26,27,28). The van der Waals surface area contributed by atoms with Crippen LogP contribution in [0.1, 0.15) is 56.1 Å². The van der Waals surface area contributed by atoms with Gasteiger partial charge in [0.25, 0.3) is 0 Å². The van der Waals surface area contributed by atoms with Crippen LogP contribution in [0, 0.1) is 0 Å². The van der Waals surface area contributed by atoms with Crippen LogP contribution in [0.15, 0.2) is 46.2 Å². The van der Waals surface area contributed by atoms with Crippen molar-refractivity contribution in [1.82, 2.24) is 0 Å². The molecule has 0 saturated heterocycles. The lowest BCUT2D eigenvalue weighted by Crippen LogP contribution is -2.44. The third-order valence-electron chi connectivity index (χ3n) is 5.45. The minimum atomic E-state index is -4.57. The van der Waals surface area contributed by atoms with Crippen molar-refractivity contribution in [3.63, 3.8) is 0 Å². The van der Waals surface area contributed by atoms with Crippen molar-refractivity contribution in [1.29, 1.82) is 0 Å². The summed E-state index contributed by atoms with van der Waals surface area (Å²) in [6.45, 7) is 1.75. The quantitative estimate of drug-likeness (QED) is 0.306. The van der Waals surface area contributed by atoms with E-state index in [-0.39, 0.29) is 12.4 Å². The molecule has 0 radical (unpaired) electrons. The molecule has 1 aliphatic rings. The molecule has 1 fully saturated rings. The first-order valence-corrected chi connectivity index (χ1v) is 13.1. The van der Waals surface area contributed by atoms with Crippen molar-refractivity contribution in [3.05, 3.63) is 52.5 Å². The molecule has 1 unspecified atom stereocenters. The first-order valence-electron chi connectivity index (χ1n) is 10.4. The van der Waals surface area contributed by atoms with Crippen LogP contribution in [-0.4, -0.2) is 27.0 Å². The summed E-state index contributed by atoms with van der Waals surface area (Å²) in [5, 5.41) is 10.8. The van der Waals surface area contributed by atoms with Crippen molar-refractivity contribution < 1.29 is 24.0 Å². The van der Waals surface area contributed by atoms with Crippen molar-refractivity contribution in [2.75, 3.05) is 6.61 Å². The van der Waals surface area contributed by atoms with E-state index in [4.69, 9.17) is 27.1 Å².